The van der Waals surface area contributed by atoms with Gasteiger partial charge in [0.05, 0.1) is 12.7 Å². The van der Waals surface area contributed by atoms with E-state index in [1.807, 2.05) is 0 Å². The average molecular weight is 311 g/mol. The van der Waals surface area contributed by atoms with E-state index in [2.05, 4.69) is 9.47 Å². The predicted octanol–water partition coefficient (Wildman–Crippen LogP) is 3.62. The normalized spacial score (nSPS) is 11.1. The minimum Gasteiger partial charge on any atom is -0.465 e. The van der Waals surface area contributed by atoms with Gasteiger partial charge in [0.2, 0.25) is 0 Å². The molecule has 0 atom stereocenters. The molecule has 4 nitrogen and oxygen atoms in total. The Labute approximate surface area is 124 Å². The first-order chi connectivity index (χ1) is 10.3. The summed E-state index contributed by atoms with van der Waals surface area (Å²) in [6.07, 6.45) is -4.80. The van der Waals surface area contributed by atoms with Crippen LogP contribution >= 0.6 is 0 Å². The van der Waals surface area contributed by atoms with Gasteiger partial charge < -0.3 is 15.2 Å². The lowest BCUT2D eigenvalue weighted by molar-refractivity contribution is -0.274. The number of nitrogens with two attached hydrogens (primary N) is 1. The largest absolute Gasteiger partial charge is 0.573 e. The van der Waals surface area contributed by atoms with E-state index in [0.29, 0.717) is 5.56 Å². The van der Waals surface area contributed by atoms with Gasteiger partial charge in [0.25, 0.3) is 0 Å². The fourth-order valence-corrected chi connectivity index (χ4v) is 1.94. The molecule has 0 fully saturated rings. The van der Waals surface area contributed by atoms with Gasteiger partial charge in [-0.25, -0.2) is 4.79 Å². The third-order valence-electron chi connectivity index (χ3n) is 2.88. The van der Waals surface area contributed by atoms with Gasteiger partial charge in [-0.3, -0.25) is 0 Å². The maximum atomic E-state index is 12.4. The van der Waals surface area contributed by atoms with Crippen LogP contribution in [0.2, 0.25) is 0 Å². The number of hydrogen-bond donors (Lipinski definition) is 1. The van der Waals surface area contributed by atoms with Crippen molar-refractivity contribution in [3.8, 4) is 16.9 Å². The zero-order valence-electron chi connectivity index (χ0n) is 11.5. The molecule has 0 saturated carbocycles. The van der Waals surface area contributed by atoms with Crippen LogP contribution in [0.4, 0.5) is 18.9 Å². The number of methoxy groups -OCH3 is 1. The summed E-state index contributed by atoms with van der Waals surface area (Å²) >= 11 is 0. The van der Waals surface area contributed by atoms with Gasteiger partial charge in [-0.2, -0.15) is 0 Å². The van der Waals surface area contributed by atoms with Crippen molar-refractivity contribution in [3.63, 3.8) is 0 Å². The second kappa shape index (κ2) is 5.97. The summed E-state index contributed by atoms with van der Waals surface area (Å²) in [7, 11) is 1.21. The Morgan fingerprint density at radius 1 is 1.14 bits per heavy atom. The molecule has 0 aromatic heterocycles. The molecule has 0 spiro atoms. The number of alkyl halides is 3. The van der Waals surface area contributed by atoms with Gasteiger partial charge in [-0.1, -0.05) is 24.3 Å². The van der Waals surface area contributed by atoms with E-state index in [9.17, 15) is 18.0 Å². The van der Waals surface area contributed by atoms with Crippen molar-refractivity contribution < 1.29 is 27.4 Å². The minimum atomic E-state index is -4.80. The number of ether oxygens (including phenoxy) is 2. The molecule has 0 unspecified atom stereocenters. The van der Waals surface area contributed by atoms with Crippen LogP contribution in [0.5, 0.6) is 5.75 Å². The molecule has 0 aliphatic carbocycles. The molecule has 0 aliphatic rings. The number of para-hydroxylation sites is 1. The zero-order valence-corrected chi connectivity index (χ0v) is 11.5. The maximum Gasteiger partial charge on any atom is 0.573 e. The van der Waals surface area contributed by atoms with Crippen LogP contribution in [-0.4, -0.2) is 19.4 Å². The molecule has 2 aromatic carbocycles. The molecule has 22 heavy (non-hydrogen) atoms. The summed E-state index contributed by atoms with van der Waals surface area (Å²) in [6.45, 7) is 0. The van der Waals surface area contributed by atoms with E-state index in [0.717, 1.165) is 0 Å². The number of halogens is 3. The fraction of sp³-hybridized carbons (Fsp3) is 0.133. The second-order valence-electron chi connectivity index (χ2n) is 4.34. The van der Waals surface area contributed by atoms with E-state index in [-0.39, 0.29) is 22.6 Å². The number of carbonyl (C=O) groups excluding carboxylic acids is 1. The molecule has 2 aromatic rings. The zero-order chi connectivity index (χ0) is 16.3. The molecule has 116 valence electrons. The van der Waals surface area contributed by atoms with Crippen LogP contribution in [0.1, 0.15) is 10.4 Å². The Balaban J connectivity index is 2.45. The number of carbonyl (C=O) groups is 1. The molecule has 0 heterocycles. The van der Waals surface area contributed by atoms with Crippen LogP contribution in [0.25, 0.3) is 11.1 Å². The SMILES string of the molecule is COC(=O)c1ccc(-c2ccccc2OC(F)(F)F)cc1N. The molecule has 7 heteroatoms. The standard InChI is InChI=1S/C15H12F3NO3/c1-21-14(20)11-7-6-9(8-12(11)19)10-4-2-3-5-13(10)22-15(16,17)18/h2-8H,19H2,1H3. The van der Waals surface area contributed by atoms with E-state index < -0.39 is 12.3 Å². The number of esters is 1. The van der Waals surface area contributed by atoms with Crippen molar-refractivity contribution >= 4 is 11.7 Å². The molecule has 0 bridgehead atoms. The Morgan fingerprint density at radius 3 is 2.41 bits per heavy atom. The highest BCUT2D eigenvalue weighted by Gasteiger charge is 2.32. The van der Waals surface area contributed by atoms with Crippen molar-refractivity contribution in [2.75, 3.05) is 12.8 Å². The van der Waals surface area contributed by atoms with E-state index in [4.69, 9.17) is 5.73 Å². The number of nitrogen functional groups attached to an aromatic ring is 1. The molecular formula is C15H12F3NO3. The Kier molecular flexibility index (Phi) is 4.25. The van der Waals surface area contributed by atoms with Crippen LogP contribution in [0, 0.1) is 0 Å². The van der Waals surface area contributed by atoms with Crippen LogP contribution in [0.15, 0.2) is 42.5 Å². The van der Waals surface area contributed by atoms with E-state index >= 15 is 0 Å². The highest BCUT2D eigenvalue weighted by molar-refractivity contribution is 5.96. The summed E-state index contributed by atoms with van der Waals surface area (Å²) in [5.74, 6) is -0.968. The Hall–Kier alpha value is -2.70. The first-order valence-electron chi connectivity index (χ1n) is 6.15. The molecule has 2 N–H and O–H groups in total. The fourth-order valence-electron chi connectivity index (χ4n) is 1.94. The van der Waals surface area contributed by atoms with Crippen molar-refractivity contribution in [2.24, 2.45) is 0 Å². The second-order valence-corrected chi connectivity index (χ2v) is 4.34. The van der Waals surface area contributed by atoms with E-state index in [1.165, 1.54) is 43.5 Å². The molecule has 0 amide bonds. The first-order valence-corrected chi connectivity index (χ1v) is 6.15. The lowest BCUT2D eigenvalue weighted by Gasteiger charge is -2.14. The topological polar surface area (TPSA) is 61.5 Å². The number of hydrogen-bond acceptors (Lipinski definition) is 4. The van der Waals surface area contributed by atoms with Crippen molar-refractivity contribution in [1.82, 2.24) is 0 Å². The van der Waals surface area contributed by atoms with Crippen molar-refractivity contribution in [2.45, 2.75) is 6.36 Å². The molecular weight excluding hydrogens is 299 g/mol. The number of benzene rings is 2. The summed E-state index contributed by atoms with van der Waals surface area (Å²) in [6, 6.07) is 9.92. The van der Waals surface area contributed by atoms with Crippen molar-refractivity contribution in [3.05, 3.63) is 48.0 Å². The number of anilines is 1. The van der Waals surface area contributed by atoms with Gasteiger partial charge >= 0.3 is 12.3 Å². The monoisotopic (exact) mass is 311 g/mol. The minimum absolute atomic E-state index is 0.103. The molecule has 0 aliphatic heterocycles. The summed E-state index contributed by atoms with van der Waals surface area (Å²) in [5, 5.41) is 0. The molecule has 0 saturated heterocycles. The van der Waals surface area contributed by atoms with E-state index in [1.54, 1.807) is 6.07 Å². The third-order valence-corrected chi connectivity index (χ3v) is 2.88. The summed E-state index contributed by atoms with van der Waals surface area (Å²) in [5.41, 5.74) is 6.60. The highest BCUT2D eigenvalue weighted by atomic mass is 19.4. The van der Waals surface area contributed by atoms with Gasteiger partial charge in [-0.15, -0.1) is 13.2 Å². The highest BCUT2D eigenvalue weighted by Crippen LogP contribution is 2.35. The van der Waals surface area contributed by atoms with Gasteiger partial charge in [0.15, 0.2) is 0 Å². The summed E-state index contributed by atoms with van der Waals surface area (Å²) < 4.78 is 45.8. The Bertz CT molecular complexity index is 699. The maximum absolute atomic E-state index is 12.4. The van der Waals surface area contributed by atoms with Gasteiger partial charge in [0, 0.05) is 11.3 Å². The summed E-state index contributed by atoms with van der Waals surface area (Å²) in [4.78, 5) is 11.5. The average Bonchev–Trinajstić information content (AvgIpc) is 2.45. The Morgan fingerprint density at radius 2 is 1.82 bits per heavy atom. The number of rotatable bonds is 3. The first kappa shape index (κ1) is 15.7. The molecule has 2 rings (SSSR count). The third kappa shape index (κ3) is 3.49. The van der Waals surface area contributed by atoms with Crippen LogP contribution < -0.4 is 10.5 Å². The predicted molar refractivity (Wildman–Crippen MR) is 74.3 cm³/mol. The quantitative estimate of drug-likeness (QED) is 0.694. The van der Waals surface area contributed by atoms with Gasteiger partial charge in [0.1, 0.15) is 5.75 Å². The smallest absolute Gasteiger partial charge is 0.465 e. The van der Waals surface area contributed by atoms with Crippen LogP contribution in [-0.2, 0) is 4.74 Å². The lowest BCUT2D eigenvalue weighted by Crippen LogP contribution is -2.17. The molecule has 0 radical (unpaired) electrons. The van der Waals surface area contributed by atoms with Crippen molar-refractivity contribution in [1.29, 1.82) is 0 Å². The van der Waals surface area contributed by atoms with Gasteiger partial charge in [-0.05, 0) is 23.8 Å². The lowest BCUT2D eigenvalue weighted by atomic mass is 10.0. The van der Waals surface area contributed by atoms with Crippen LogP contribution in [0.3, 0.4) is 0 Å².